The molecule has 0 aliphatic heterocycles. The number of carbonyl (C=O) groups is 1. The first kappa shape index (κ1) is 11.0. The number of amides is 1. The first-order valence-corrected chi connectivity index (χ1v) is 6.08. The van der Waals surface area contributed by atoms with Gasteiger partial charge in [-0.1, -0.05) is 0 Å². The number of fused-ring (bicyclic) bond motifs is 1. The van der Waals surface area contributed by atoms with Gasteiger partial charge >= 0.3 is 0 Å². The number of rotatable bonds is 3. The zero-order chi connectivity index (χ0) is 12.4. The molecule has 2 heterocycles. The molecule has 2 aromatic rings. The second kappa shape index (κ2) is 4.60. The Morgan fingerprint density at radius 3 is 3.00 bits per heavy atom. The Balaban J connectivity index is 1.68. The van der Waals surface area contributed by atoms with E-state index in [0.717, 1.165) is 36.1 Å². The van der Waals surface area contributed by atoms with Gasteiger partial charge in [0, 0.05) is 30.2 Å². The van der Waals surface area contributed by atoms with Gasteiger partial charge in [0.05, 0.1) is 0 Å². The van der Waals surface area contributed by atoms with Gasteiger partial charge in [-0.2, -0.15) is 5.10 Å². The highest BCUT2D eigenvalue weighted by Gasteiger charge is 2.22. The highest BCUT2D eigenvalue weighted by molar-refractivity contribution is 5.94. The topological polar surface area (TPSA) is 70.7 Å². The smallest absolute Gasteiger partial charge is 0.272 e. The summed E-state index contributed by atoms with van der Waals surface area (Å²) in [5.74, 6) is -0.105. The normalized spacial score (nSPS) is 13.3. The molecule has 1 amide bonds. The third-order valence-corrected chi connectivity index (χ3v) is 3.22. The molecule has 0 saturated carbocycles. The Bertz CT molecular complexity index is 562. The third-order valence-electron chi connectivity index (χ3n) is 3.22. The number of aromatic nitrogens is 3. The van der Waals surface area contributed by atoms with Crippen LogP contribution < -0.4 is 5.32 Å². The number of nitrogens with zero attached hydrogens (tertiary/aromatic N) is 2. The summed E-state index contributed by atoms with van der Waals surface area (Å²) in [6.07, 6.45) is 6.49. The van der Waals surface area contributed by atoms with Crippen molar-refractivity contribution in [3.63, 3.8) is 0 Å². The molecule has 0 fully saturated rings. The van der Waals surface area contributed by atoms with Crippen LogP contribution in [-0.4, -0.2) is 21.1 Å². The van der Waals surface area contributed by atoms with Gasteiger partial charge in [-0.3, -0.25) is 14.9 Å². The Labute approximate surface area is 105 Å². The van der Waals surface area contributed by atoms with E-state index >= 15 is 0 Å². The van der Waals surface area contributed by atoms with Gasteiger partial charge in [0.1, 0.15) is 0 Å². The summed E-state index contributed by atoms with van der Waals surface area (Å²) in [5, 5.41) is 9.93. The van der Waals surface area contributed by atoms with E-state index in [4.69, 9.17) is 0 Å². The molecule has 0 atom stereocenters. The van der Waals surface area contributed by atoms with E-state index < -0.39 is 0 Å². The molecule has 5 heteroatoms. The van der Waals surface area contributed by atoms with E-state index in [0.29, 0.717) is 12.2 Å². The number of hydrogen-bond donors (Lipinski definition) is 2. The summed E-state index contributed by atoms with van der Waals surface area (Å²) in [4.78, 5) is 16.0. The molecule has 0 radical (unpaired) electrons. The molecule has 3 rings (SSSR count). The van der Waals surface area contributed by atoms with Crippen molar-refractivity contribution in [3.8, 4) is 0 Å². The lowest BCUT2D eigenvalue weighted by Gasteiger charge is -2.03. The fourth-order valence-corrected chi connectivity index (χ4v) is 2.27. The summed E-state index contributed by atoms with van der Waals surface area (Å²) in [6, 6.07) is 3.77. The van der Waals surface area contributed by atoms with Crippen molar-refractivity contribution in [2.24, 2.45) is 0 Å². The standard InChI is InChI=1S/C13H14N4O/c18-13(15-8-9-4-6-14-7-5-9)12-10-2-1-3-11(10)16-17-12/h4-7H,1-3,8H2,(H,15,18)(H,16,17). The fourth-order valence-electron chi connectivity index (χ4n) is 2.27. The molecular weight excluding hydrogens is 228 g/mol. The zero-order valence-electron chi connectivity index (χ0n) is 9.94. The van der Waals surface area contributed by atoms with Crippen LogP contribution in [-0.2, 0) is 19.4 Å². The van der Waals surface area contributed by atoms with Crippen molar-refractivity contribution in [3.05, 3.63) is 47.0 Å². The lowest BCUT2D eigenvalue weighted by molar-refractivity contribution is 0.0945. The van der Waals surface area contributed by atoms with Crippen LogP contribution in [0.2, 0.25) is 0 Å². The van der Waals surface area contributed by atoms with Gasteiger partial charge in [0.2, 0.25) is 0 Å². The summed E-state index contributed by atoms with van der Waals surface area (Å²) in [7, 11) is 0. The van der Waals surface area contributed by atoms with Gasteiger partial charge in [0.15, 0.2) is 5.69 Å². The van der Waals surface area contributed by atoms with Crippen LogP contribution in [0, 0.1) is 0 Å². The molecule has 5 nitrogen and oxygen atoms in total. The Morgan fingerprint density at radius 1 is 1.33 bits per heavy atom. The van der Waals surface area contributed by atoms with Crippen molar-refractivity contribution >= 4 is 5.91 Å². The van der Waals surface area contributed by atoms with Crippen molar-refractivity contribution in [1.29, 1.82) is 0 Å². The van der Waals surface area contributed by atoms with Gasteiger partial charge < -0.3 is 5.32 Å². The molecule has 1 aliphatic rings. The first-order chi connectivity index (χ1) is 8.84. The third kappa shape index (κ3) is 1.99. The number of carbonyl (C=O) groups excluding carboxylic acids is 1. The fraction of sp³-hybridized carbons (Fsp3) is 0.308. The number of H-pyrrole nitrogens is 1. The molecule has 18 heavy (non-hydrogen) atoms. The molecule has 0 bridgehead atoms. The highest BCUT2D eigenvalue weighted by atomic mass is 16.1. The molecule has 2 N–H and O–H groups in total. The molecular formula is C13H14N4O. The quantitative estimate of drug-likeness (QED) is 0.850. The lowest BCUT2D eigenvalue weighted by atomic mass is 10.2. The maximum Gasteiger partial charge on any atom is 0.272 e. The number of hydrogen-bond acceptors (Lipinski definition) is 3. The minimum atomic E-state index is -0.105. The number of nitrogens with one attached hydrogen (secondary N) is 2. The number of aromatic amines is 1. The van der Waals surface area contributed by atoms with E-state index in [1.54, 1.807) is 12.4 Å². The van der Waals surface area contributed by atoms with Crippen LogP contribution in [0.15, 0.2) is 24.5 Å². The monoisotopic (exact) mass is 242 g/mol. The molecule has 0 unspecified atom stereocenters. The number of aryl methyl sites for hydroxylation is 1. The Kier molecular flexibility index (Phi) is 2.80. The van der Waals surface area contributed by atoms with Crippen LogP contribution in [0.25, 0.3) is 0 Å². The van der Waals surface area contributed by atoms with Crippen LogP contribution in [0.1, 0.15) is 33.7 Å². The second-order valence-electron chi connectivity index (χ2n) is 4.42. The SMILES string of the molecule is O=C(NCc1ccncc1)c1n[nH]c2c1CCC2. The molecule has 2 aromatic heterocycles. The van der Waals surface area contributed by atoms with Crippen LogP contribution >= 0.6 is 0 Å². The van der Waals surface area contributed by atoms with Crippen molar-refractivity contribution in [1.82, 2.24) is 20.5 Å². The van der Waals surface area contributed by atoms with Crippen molar-refractivity contribution < 1.29 is 4.79 Å². The van der Waals surface area contributed by atoms with Crippen LogP contribution in [0.5, 0.6) is 0 Å². The Hall–Kier alpha value is -2.17. The van der Waals surface area contributed by atoms with Gasteiger partial charge in [-0.15, -0.1) is 0 Å². The molecule has 92 valence electrons. The minimum Gasteiger partial charge on any atom is -0.347 e. The van der Waals surface area contributed by atoms with Gasteiger partial charge in [-0.05, 0) is 37.0 Å². The first-order valence-electron chi connectivity index (χ1n) is 6.08. The molecule has 0 aromatic carbocycles. The molecule has 0 saturated heterocycles. The second-order valence-corrected chi connectivity index (χ2v) is 4.42. The molecule has 1 aliphatic carbocycles. The van der Waals surface area contributed by atoms with E-state index in [-0.39, 0.29) is 5.91 Å². The summed E-state index contributed by atoms with van der Waals surface area (Å²) in [6.45, 7) is 0.503. The van der Waals surface area contributed by atoms with E-state index in [1.807, 2.05) is 12.1 Å². The average molecular weight is 242 g/mol. The maximum absolute atomic E-state index is 12.0. The lowest BCUT2D eigenvalue weighted by Crippen LogP contribution is -2.24. The highest BCUT2D eigenvalue weighted by Crippen LogP contribution is 2.22. The molecule has 0 spiro atoms. The average Bonchev–Trinajstić information content (AvgIpc) is 2.99. The Morgan fingerprint density at radius 2 is 2.17 bits per heavy atom. The van der Waals surface area contributed by atoms with Crippen molar-refractivity contribution in [2.45, 2.75) is 25.8 Å². The summed E-state index contributed by atoms with van der Waals surface area (Å²) >= 11 is 0. The predicted octanol–water partition coefficient (Wildman–Crippen LogP) is 1.22. The van der Waals surface area contributed by atoms with Gasteiger partial charge in [-0.25, -0.2) is 0 Å². The van der Waals surface area contributed by atoms with Gasteiger partial charge in [0.25, 0.3) is 5.91 Å². The predicted molar refractivity (Wildman–Crippen MR) is 66.0 cm³/mol. The van der Waals surface area contributed by atoms with E-state index in [2.05, 4.69) is 20.5 Å². The largest absolute Gasteiger partial charge is 0.347 e. The van der Waals surface area contributed by atoms with E-state index in [1.165, 1.54) is 0 Å². The van der Waals surface area contributed by atoms with E-state index in [9.17, 15) is 4.79 Å². The van der Waals surface area contributed by atoms with Crippen molar-refractivity contribution in [2.75, 3.05) is 0 Å². The summed E-state index contributed by atoms with van der Waals surface area (Å²) < 4.78 is 0. The van der Waals surface area contributed by atoms with Crippen LogP contribution in [0.3, 0.4) is 0 Å². The zero-order valence-corrected chi connectivity index (χ0v) is 9.94. The summed E-state index contributed by atoms with van der Waals surface area (Å²) in [5.41, 5.74) is 3.79. The number of pyridine rings is 1. The maximum atomic E-state index is 12.0. The van der Waals surface area contributed by atoms with Crippen LogP contribution in [0.4, 0.5) is 0 Å². The minimum absolute atomic E-state index is 0.105.